The van der Waals surface area contributed by atoms with Gasteiger partial charge in [0.15, 0.2) is 0 Å². The van der Waals surface area contributed by atoms with Crippen LogP contribution in [0, 0.1) is 11.7 Å². The Morgan fingerprint density at radius 2 is 1.95 bits per heavy atom. The van der Waals surface area contributed by atoms with Crippen molar-refractivity contribution < 1.29 is 14.2 Å². The summed E-state index contributed by atoms with van der Waals surface area (Å²) in [5.41, 5.74) is 2.75. The summed E-state index contributed by atoms with van der Waals surface area (Å²) in [6, 6.07) is 13.2. The molecule has 3 rings (SSSR count). The minimum Gasteiger partial charge on any atom is -0.489 e. The van der Waals surface area contributed by atoms with Crippen LogP contribution in [0.15, 0.2) is 42.5 Å². The van der Waals surface area contributed by atoms with Gasteiger partial charge in [0.05, 0.1) is 0 Å². The minimum atomic E-state index is -0.221. The van der Waals surface area contributed by atoms with E-state index in [2.05, 4.69) is 0 Å². The lowest BCUT2D eigenvalue weighted by Crippen LogP contribution is -2.04. The van der Waals surface area contributed by atoms with E-state index in [0.29, 0.717) is 18.8 Å². The summed E-state index contributed by atoms with van der Waals surface area (Å²) in [4.78, 5) is 0. The van der Waals surface area contributed by atoms with Crippen molar-refractivity contribution in [1.29, 1.82) is 0 Å². The predicted molar refractivity (Wildman–Crippen MR) is 75.2 cm³/mol. The molecule has 0 aliphatic heterocycles. The largest absolute Gasteiger partial charge is 0.489 e. The Bertz CT molecular complexity index is 595. The molecule has 2 nitrogen and oxygen atoms in total. The summed E-state index contributed by atoms with van der Waals surface area (Å²) in [6.45, 7) is 0.539. The highest BCUT2D eigenvalue weighted by Crippen LogP contribution is 2.32. The monoisotopic (exact) mass is 272 g/mol. The molecule has 0 saturated carbocycles. The van der Waals surface area contributed by atoms with Crippen molar-refractivity contribution in [1.82, 2.24) is 0 Å². The molecule has 0 amide bonds. The highest BCUT2D eigenvalue weighted by atomic mass is 19.1. The lowest BCUT2D eigenvalue weighted by atomic mass is 10.1. The summed E-state index contributed by atoms with van der Waals surface area (Å²) >= 11 is 0. The Morgan fingerprint density at radius 3 is 2.70 bits per heavy atom. The molecule has 20 heavy (non-hydrogen) atoms. The molecule has 0 saturated heterocycles. The van der Waals surface area contributed by atoms with Crippen molar-refractivity contribution in [2.24, 2.45) is 5.92 Å². The van der Waals surface area contributed by atoms with Crippen LogP contribution in [0.3, 0.4) is 0 Å². The number of aliphatic hydroxyl groups excluding tert-OH is 1. The van der Waals surface area contributed by atoms with Gasteiger partial charge in [-0.3, -0.25) is 0 Å². The van der Waals surface area contributed by atoms with Crippen LogP contribution in [0.25, 0.3) is 0 Å². The van der Waals surface area contributed by atoms with E-state index < -0.39 is 0 Å². The maximum absolute atomic E-state index is 14.0. The molecule has 0 spiro atoms. The summed E-state index contributed by atoms with van der Waals surface area (Å²) in [5, 5.41) is 9.20. The number of halogens is 1. The zero-order valence-corrected chi connectivity index (χ0v) is 11.2. The summed E-state index contributed by atoms with van der Waals surface area (Å²) in [6.07, 6.45) is 1.35. The average Bonchev–Trinajstić information content (AvgIpc) is 2.90. The maximum atomic E-state index is 14.0. The minimum absolute atomic E-state index is 0.105. The summed E-state index contributed by atoms with van der Waals surface area (Å²) in [7, 11) is 0. The van der Waals surface area contributed by atoms with E-state index in [9.17, 15) is 9.50 Å². The van der Waals surface area contributed by atoms with Crippen molar-refractivity contribution in [2.45, 2.75) is 19.4 Å². The van der Waals surface area contributed by atoms with Gasteiger partial charge in [0.2, 0.25) is 0 Å². The number of rotatable bonds is 4. The lowest BCUT2D eigenvalue weighted by Gasteiger charge is -2.09. The maximum Gasteiger partial charge on any atom is 0.130 e. The molecule has 3 heteroatoms. The van der Waals surface area contributed by atoms with E-state index in [1.807, 2.05) is 36.4 Å². The lowest BCUT2D eigenvalue weighted by molar-refractivity contribution is 0.232. The van der Waals surface area contributed by atoms with Crippen molar-refractivity contribution >= 4 is 0 Å². The Morgan fingerprint density at radius 1 is 1.15 bits per heavy atom. The Kier molecular flexibility index (Phi) is 3.70. The van der Waals surface area contributed by atoms with Gasteiger partial charge in [-0.25, -0.2) is 4.39 Å². The number of aliphatic hydroxyl groups is 1. The second-order valence-corrected chi connectivity index (χ2v) is 5.27. The van der Waals surface area contributed by atoms with E-state index in [1.165, 1.54) is 6.07 Å². The summed E-state index contributed by atoms with van der Waals surface area (Å²) < 4.78 is 19.7. The standard InChI is InChI=1S/C17H17FO2/c18-17-9-15(20-11-12-4-2-1-3-5-12)8-14-6-13(10-19)7-16(14)17/h1-5,8-9,13,19H,6-7,10-11H2. The topological polar surface area (TPSA) is 29.5 Å². The molecule has 0 heterocycles. The number of hydrogen-bond donors (Lipinski definition) is 1. The van der Waals surface area contributed by atoms with Gasteiger partial charge >= 0.3 is 0 Å². The Balaban J connectivity index is 1.74. The second kappa shape index (κ2) is 5.63. The van der Waals surface area contributed by atoms with E-state index in [1.54, 1.807) is 0 Å². The van der Waals surface area contributed by atoms with Gasteiger partial charge in [-0.15, -0.1) is 0 Å². The SMILES string of the molecule is OCC1Cc2cc(OCc3ccccc3)cc(F)c2C1. The van der Waals surface area contributed by atoms with E-state index in [-0.39, 0.29) is 18.3 Å². The van der Waals surface area contributed by atoms with Gasteiger partial charge in [0.1, 0.15) is 18.2 Å². The first-order valence-corrected chi connectivity index (χ1v) is 6.85. The van der Waals surface area contributed by atoms with Crippen LogP contribution in [0.4, 0.5) is 4.39 Å². The van der Waals surface area contributed by atoms with Gasteiger partial charge in [-0.1, -0.05) is 30.3 Å². The molecule has 1 atom stereocenters. The number of hydrogen-bond acceptors (Lipinski definition) is 2. The van der Waals surface area contributed by atoms with Crippen LogP contribution >= 0.6 is 0 Å². The van der Waals surface area contributed by atoms with Crippen molar-refractivity contribution in [3.63, 3.8) is 0 Å². The van der Waals surface area contributed by atoms with E-state index >= 15 is 0 Å². The zero-order chi connectivity index (χ0) is 13.9. The van der Waals surface area contributed by atoms with Crippen molar-refractivity contribution in [3.8, 4) is 5.75 Å². The third kappa shape index (κ3) is 2.68. The molecule has 1 N–H and O–H groups in total. The first kappa shape index (κ1) is 13.1. The first-order valence-electron chi connectivity index (χ1n) is 6.85. The van der Waals surface area contributed by atoms with E-state index in [0.717, 1.165) is 23.1 Å². The molecular formula is C17H17FO2. The fraction of sp³-hybridized carbons (Fsp3) is 0.294. The molecule has 0 aromatic heterocycles. The van der Waals surface area contributed by atoms with Crippen LogP contribution in [0.1, 0.15) is 16.7 Å². The molecule has 1 unspecified atom stereocenters. The third-order valence-electron chi connectivity index (χ3n) is 3.77. The van der Waals surface area contributed by atoms with Gasteiger partial charge in [0, 0.05) is 12.7 Å². The third-order valence-corrected chi connectivity index (χ3v) is 3.77. The van der Waals surface area contributed by atoms with Crippen molar-refractivity contribution in [2.75, 3.05) is 6.61 Å². The van der Waals surface area contributed by atoms with Gasteiger partial charge < -0.3 is 9.84 Å². The van der Waals surface area contributed by atoms with Crippen LogP contribution in [0.5, 0.6) is 5.75 Å². The molecule has 0 radical (unpaired) electrons. The quantitative estimate of drug-likeness (QED) is 0.926. The van der Waals surface area contributed by atoms with Gasteiger partial charge in [-0.05, 0) is 41.5 Å². The molecule has 0 bridgehead atoms. The smallest absolute Gasteiger partial charge is 0.130 e. The van der Waals surface area contributed by atoms with Crippen molar-refractivity contribution in [3.05, 3.63) is 65.0 Å². The highest BCUT2D eigenvalue weighted by Gasteiger charge is 2.24. The van der Waals surface area contributed by atoms with Crippen LogP contribution < -0.4 is 4.74 Å². The van der Waals surface area contributed by atoms with Gasteiger partial charge in [0.25, 0.3) is 0 Å². The summed E-state index contributed by atoms with van der Waals surface area (Å²) in [5.74, 6) is 0.481. The fourth-order valence-electron chi connectivity index (χ4n) is 2.70. The Hall–Kier alpha value is -1.87. The second-order valence-electron chi connectivity index (χ2n) is 5.27. The van der Waals surface area contributed by atoms with E-state index in [4.69, 9.17) is 4.74 Å². The molecule has 104 valence electrons. The molecule has 2 aromatic carbocycles. The molecule has 0 fully saturated rings. The highest BCUT2D eigenvalue weighted by molar-refractivity contribution is 5.40. The molecule has 1 aliphatic rings. The van der Waals surface area contributed by atoms with Crippen LogP contribution in [-0.2, 0) is 19.4 Å². The predicted octanol–water partition coefficient (Wildman–Crippen LogP) is 3.11. The zero-order valence-electron chi connectivity index (χ0n) is 11.2. The molecular weight excluding hydrogens is 255 g/mol. The number of ether oxygens (including phenoxy) is 1. The van der Waals surface area contributed by atoms with Crippen LogP contribution in [0.2, 0.25) is 0 Å². The fourth-order valence-corrected chi connectivity index (χ4v) is 2.70. The first-order chi connectivity index (χ1) is 9.76. The average molecular weight is 272 g/mol. The number of benzene rings is 2. The normalized spacial score (nSPS) is 17.0. The van der Waals surface area contributed by atoms with Crippen LogP contribution in [-0.4, -0.2) is 11.7 Å². The Labute approximate surface area is 117 Å². The van der Waals surface area contributed by atoms with Gasteiger partial charge in [-0.2, -0.15) is 0 Å². The molecule has 2 aromatic rings. The molecule has 1 aliphatic carbocycles. The number of fused-ring (bicyclic) bond motifs is 1.